The molecule has 1 atom stereocenters. The zero-order chi connectivity index (χ0) is 13.5. The minimum Gasteiger partial charge on any atom is -0.331 e. The van der Waals surface area contributed by atoms with Gasteiger partial charge in [-0.25, -0.2) is 4.98 Å². The highest BCUT2D eigenvalue weighted by atomic mass is 16.2. The average molecular weight is 247 g/mol. The molecule has 0 aromatic carbocycles. The van der Waals surface area contributed by atoms with Crippen LogP contribution in [-0.2, 0) is 0 Å². The number of hydrogen-bond acceptors (Lipinski definition) is 3. The number of amides is 1. The lowest BCUT2D eigenvalue weighted by atomic mass is 10.2. The van der Waals surface area contributed by atoms with E-state index in [0.29, 0.717) is 5.69 Å². The predicted octanol–water partition coefficient (Wildman–Crippen LogP) is 2.60. The summed E-state index contributed by atoms with van der Waals surface area (Å²) in [6.07, 6.45) is 7.01. The van der Waals surface area contributed by atoms with Crippen molar-refractivity contribution in [3.8, 4) is 0 Å². The predicted molar refractivity (Wildman–Crippen MR) is 72.4 cm³/mol. The molecule has 4 heteroatoms. The Morgan fingerprint density at radius 2 is 2.17 bits per heavy atom. The molecule has 1 aliphatic rings. The maximum atomic E-state index is 12.1. The normalized spacial score (nSPS) is 17.9. The molecule has 1 aliphatic heterocycles. The van der Waals surface area contributed by atoms with E-state index in [2.05, 4.69) is 16.5 Å². The summed E-state index contributed by atoms with van der Waals surface area (Å²) >= 11 is 0. The summed E-state index contributed by atoms with van der Waals surface area (Å²) in [5, 5.41) is 0. The monoisotopic (exact) mass is 247 g/mol. The van der Waals surface area contributed by atoms with Crippen molar-refractivity contribution in [1.82, 2.24) is 14.9 Å². The zero-order valence-electron chi connectivity index (χ0n) is 11.4. The topological polar surface area (TPSA) is 46.1 Å². The molecule has 0 N–H and O–H groups in total. The Morgan fingerprint density at radius 3 is 2.72 bits per heavy atom. The first kappa shape index (κ1) is 14.4. The van der Waals surface area contributed by atoms with Gasteiger partial charge < -0.3 is 4.90 Å². The van der Waals surface area contributed by atoms with Crippen molar-refractivity contribution in [3.05, 3.63) is 36.4 Å². The molecule has 0 spiro atoms. The molecule has 0 bridgehead atoms. The van der Waals surface area contributed by atoms with Gasteiger partial charge in [-0.1, -0.05) is 19.9 Å². The Bertz CT molecular complexity index is 400. The first-order chi connectivity index (χ1) is 8.72. The van der Waals surface area contributed by atoms with Crippen LogP contribution in [0.15, 0.2) is 25.0 Å². The van der Waals surface area contributed by atoms with E-state index in [0.717, 1.165) is 25.1 Å². The highest BCUT2D eigenvalue weighted by Crippen LogP contribution is 2.19. The van der Waals surface area contributed by atoms with Crippen LogP contribution in [-0.4, -0.2) is 33.4 Å². The van der Waals surface area contributed by atoms with Crippen molar-refractivity contribution in [2.24, 2.45) is 0 Å². The van der Waals surface area contributed by atoms with Crippen molar-refractivity contribution < 1.29 is 4.79 Å². The molecule has 2 rings (SSSR count). The van der Waals surface area contributed by atoms with Crippen LogP contribution in [0.2, 0.25) is 0 Å². The van der Waals surface area contributed by atoms with Gasteiger partial charge >= 0.3 is 0 Å². The van der Waals surface area contributed by atoms with E-state index in [1.165, 1.54) is 6.20 Å². The Hall–Kier alpha value is -1.71. The van der Waals surface area contributed by atoms with Crippen molar-refractivity contribution in [1.29, 1.82) is 0 Å². The fraction of sp³-hybridized carbons (Fsp3) is 0.500. The fourth-order valence-electron chi connectivity index (χ4n) is 1.94. The van der Waals surface area contributed by atoms with Crippen LogP contribution in [0.1, 0.15) is 42.9 Å². The van der Waals surface area contributed by atoms with Crippen LogP contribution in [0, 0.1) is 6.92 Å². The molecule has 1 aromatic rings. The van der Waals surface area contributed by atoms with Gasteiger partial charge in [-0.2, -0.15) is 0 Å². The van der Waals surface area contributed by atoms with Gasteiger partial charge in [0.05, 0.1) is 17.9 Å². The third-order valence-electron chi connectivity index (χ3n) is 2.83. The number of hydrogen-bond donors (Lipinski definition) is 0. The van der Waals surface area contributed by atoms with E-state index in [1.54, 1.807) is 6.20 Å². The van der Waals surface area contributed by atoms with Gasteiger partial charge in [-0.15, -0.1) is 6.58 Å². The van der Waals surface area contributed by atoms with Crippen LogP contribution in [0.25, 0.3) is 0 Å². The average Bonchev–Trinajstić information content (AvgIpc) is 2.89. The lowest BCUT2D eigenvalue weighted by Crippen LogP contribution is -2.34. The van der Waals surface area contributed by atoms with Gasteiger partial charge in [0.25, 0.3) is 5.91 Å². The van der Waals surface area contributed by atoms with E-state index in [-0.39, 0.29) is 11.9 Å². The second-order valence-corrected chi connectivity index (χ2v) is 3.99. The minimum atomic E-state index is -0.0464. The van der Waals surface area contributed by atoms with E-state index >= 15 is 0 Å². The molecule has 1 aromatic heterocycles. The van der Waals surface area contributed by atoms with Crippen molar-refractivity contribution in [3.63, 3.8) is 0 Å². The van der Waals surface area contributed by atoms with E-state index in [4.69, 9.17) is 0 Å². The van der Waals surface area contributed by atoms with Crippen LogP contribution < -0.4 is 0 Å². The summed E-state index contributed by atoms with van der Waals surface area (Å²) in [6.45, 7) is 10.4. The number of nitrogens with zero attached hydrogens (tertiary/aromatic N) is 3. The second-order valence-electron chi connectivity index (χ2n) is 3.99. The number of carbonyl (C=O) groups is 1. The van der Waals surface area contributed by atoms with Crippen LogP contribution in [0.4, 0.5) is 0 Å². The minimum absolute atomic E-state index is 0.0464. The van der Waals surface area contributed by atoms with Gasteiger partial charge in [0.15, 0.2) is 0 Å². The van der Waals surface area contributed by atoms with Gasteiger partial charge in [0, 0.05) is 12.7 Å². The molecule has 0 aliphatic carbocycles. The highest BCUT2D eigenvalue weighted by molar-refractivity contribution is 5.92. The summed E-state index contributed by atoms with van der Waals surface area (Å²) in [5.41, 5.74) is 1.23. The molecule has 0 saturated carbocycles. The molecule has 1 fully saturated rings. The maximum Gasteiger partial charge on any atom is 0.274 e. The van der Waals surface area contributed by atoms with Crippen LogP contribution in [0.5, 0.6) is 0 Å². The number of carbonyl (C=O) groups excluding carboxylic acids is 1. The molecular formula is C14H21N3O. The lowest BCUT2D eigenvalue weighted by Gasteiger charge is -2.21. The summed E-state index contributed by atoms with van der Waals surface area (Å²) < 4.78 is 0. The summed E-state index contributed by atoms with van der Waals surface area (Å²) in [5.74, 6) is -0.0464. The summed E-state index contributed by atoms with van der Waals surface area (Å²) in [6, 6.07) is 0.149. The van der Waals surface area contributed by atoms with Gasteiger partial charge in [0.2, 0.25) is 0 Å². The largest absolute Gasteiger partial charge is 0.331 e. The first-order valence-electron chi connectivity index (χ1n) is 6.44. The van der Waals surface area contributed by atoms with Crippen molar-refractivity contribution in [2.45, 2.75) is 39.7 Å². The third kappa shape index (κ3) is 3.15. The van der Waals surface area contributed by atoms with Gasteiger partial charge in [-0.3, -0.25) is 9.78 Å². The number of aromatic nitrogens is 2. The number of likely N-dealkylation sites (tertiary alicyclic amines) is 1. The fourth-order valence-corrected chi connectivity index (χ4v) is 1.94. The van der Waals surface area contributed by atoms with Gasteiger partial charge in [-0.05, 0) is 19.8 Å². The van der Waals surface area contributed by atoms with E-state index in [1.807, 2.05) is 31.7 Å². The molecule has 1 saturated heterocycles. The smallest absolute Gasteiger partial charge is 0.274 e. The van der Waals surface area contributed by atoms with E-state index in [9.17, 15) is 4.79 Å². The van der Waals surface area contributed by atoms with Crippen LogP contribution >= 0.6 is 0 Å². The highest BCUT2D eigenvalue weighted by Gasteiger charge is 2.27. The third-order valence-corrected chi connectivity index (χ3v) is 2.83. The number of rotatable bonds is 2. The molecule has 2 heterocycles. The summed E-state index contributed by atoms with van der Waals surface area (Å²) in [4.78, 5) is 22.1. The van der Waals surface area contributed by atoms with Crippen LogP contribution in [0.3, 0.4) is 0 Å². The SMILES string of the molecule is C=C[C@@H]1CCCN1C(=O)c1cnc(C)cn1.CC. The van der Waals surface area contributed by atoms with Gasteiger partial charge in [0.1, 0.15) is 5.69 Å². The Labute approximate surface area is 109 Å². The number of aryl methyl sites for hydroxylation is 1. The molecule has 4 nitrogen and oxygen atoms in total. The molecule has 98 valence electrons. The Kier molecular flexibility index (Phi) is 5.49. The quantitative estimate of drug-likeness (QED) is 0.755. The zero-order valence-corrected chi connectivity index (χ0v) is 11.4. The Balaban J connectivity index is 0.000000771. The standard InChI is InChI=1S/C12H15N3O.C2H6/c1-3-10-5-4-6-15(10)12(16)11-8-13-9(2)7-14-11;1-2/h3,7-8,10H,1,4-6H2,2H3;1-2H3/t10-;/m1./s1. The first-order valence-corrected chi connectivity index (χ1v) is 6.44. The Morgan fingerprint density at radius 1 is 1.44 bits per heavy atom. The van der Waals surface area contributed by atoms with Crippen molar-refractivity contribution >= 4 is 5.91 Å². The molecular weight excluding hydrogens is 226 g/mol. The van der Waals surface area contributed by atoms with Crippen molar-refractivity contribution in [2.75, 3.05) is 6.54 Å². The maximum absolute atomic E-state index is 12.1. The summed E-state index contributed by atoms with van der Waals surface area (Å²) in [7, 11) is 0. The molecule has 0 radical (unpaired) electrons. The molecule has 18 heavy (non-hydrogen) atoms. The lowest BCUT2D eigenvalue weighted by molar-refractivity contribution is 0.0755. The molecule has 0 unspecified atom stereocenters. The molecule has 1 amide bonds. The van der Waals surface area contributed by atoms with E-state index < -0.39 is 0 Å². The second kappa shape index (κ2) is 6.89.